The van der Waals surface area contributed by atoms with Crippen LogP contribution in [0.5, 0.6) is 0 Å². The van der Waals surface area contributed by atoms with Crippen molar-refractivity contribution in [2.24, 2.45) is 0 Å². The molecule has 4 N–H and O–H groups in total. The summed E-state index contributed by atoms with van der Waals surface area (Å²) in [5.41, 5.74) is 3.67. The Morgan fingerprint density at radius 3 is 2.45 bits per heavy atom. The van der Waals surface area contributed by atoms with Gasteiger partial charge in [-0.05, 0) is 30.7 Å². The van der Waals surface area contributed by atoms with E-state index in [0.29, 0.717) is 12.1 Å². The van der Waals surface area contributed by atoms with E-state index in [1.165, 1.54) is 6.92 Å². The van der Waals surface area contributed by atoms with Crippen LogP contribution in [0.15, 0.2) is 18.2 Å². The number of anilines is 1. The number of nitrogen functional groups attached to an aromatic ring is 1. The van der Waals surface area contributed by atoms with E-state index in [0.717, 1.165) is 6.07 Å². The topological polar surface area (TPSA) is 92.8 Å². The summed E-state index contributed by atoms with van der Waals surface area (Å²) in [6.45, 7) is 1.45. The van der Waals surface area contributed by atoms with E-state index in [1.54, 1.807) is 0 Å². The van der Waals surface area contributed by atoms with Crippen molar-refractivity contribution < 1.29 is 32.9 Å². The molecule has 5 nitrogen and oxygen atoms in total. The number of halogens is 3. The lowest BCUT2D eigenvalue weighted by atomic mass is 10.0. The third kappa shape index (κ3) is 3.84. The molecule has 0 spiro atoms. The number of carbonyl (C=O) groups is 1. The third-order valence-electron chi connectivity index (χ3n) is 2.47. The van der Waals surface area contributed by atoms with Crippen LogP contribution in [0.4, 0.5) is 18.9 Å². The molecule has 0 amide bonds. The maximum atomic E-state index is 12.6. The van der Waals surface area contributed by atoms with E-state index in [1.807, 2.05) is 0 Å². The lowest BCUT2D eigenvalue weighted by Gasteiger charge is -2.18. The Bertz CT molecular complexity index is 490. The summed E-state index contributed by atoms with van der Waals surface area (Å²) in [6, 6.07) is 2.35. The van der Waals surface area contributed by atoms with Crippen LogP contribution in [0.3, 0.4) is 0 Å². The molecule has 0 aromatic heterocycles. The van der Waals surface area contributed by atoms with Crippen LogP contribution in [0, 0.1) is 0 Å². The molecule has 0 fully saturated rings. The Hall–Kier alpha value is -1.80. The first kappa shape index (κ1) is 16.3. The molecule has 2 atom stereocenters. The lowest BCUT2D eigenvalue weighted by Crippen LogP contribution is -2.30. The van der Waals surface area contributed by atoms with Crippen LogP contribution in [0.2, 0.25) is 0 Å². The van der Waals surface area contributed by atoms with Gasteiger partial charge in [0.05, 0.1) is 12.2 Å². The van der Waals surface area contributed by atoms with Crippen molar-refractivity contribution in [3.8, 4) is 0 Å². The fourth-order valence-electron chi connectivity index (χ4n) is 1.55. The summed E-state index contributed by atoms with van der Waals surface area (Å²) < 4.78 is 42.3. The Morgan fingerprint density at radius 1 is 1.35 bits per heavy atom. The molecule has 0 heterocycles. The maximum Gasteiger partial charge on any atom is 0.416 e. The van der Waals surface area contributed by atoms with Gasteiger partial charge in [-0.15, -0.1) is 0 Å². The second kappa shape index (κ2) is 6.10. The van der Waals surface area contributed by atoms with Crippen molar-refractivity contribution in [3.63, 3.8) is 0 Å². The molecule has 0 aliphatic heterocycles. The number of carbonyl (C=O) groups excluding carboxylic acids is 1. The number of nitrogens with two attached hydrogens (primary N) is 1. The molecule has 0 saturated heterocycles. The van der Waals surface area contributed by atoms with Crippen molar-refractivity contribution in [2.75, 3.05) is 12.3 Å². The van der Waals surface area contributed by atoms with Gasteiger partial charge in [-0.1, -0.05) is 0 Å². The van der Waals surface area contributed by atoms with Crippen LogP contribution in [-0.2, 0) is 15.7 Å². The van der Waals surface area contributed by atoms with Crippen LogP contribution >= 0.6 is 0 Å². The summed E-state index contributed by atoms with van der Waals surface area (Å²) in [5, 5.41) is 19.2. The van der Waals surface area contributed by atoms with Crippen molar-refractivity contribution in [1.82, 2.24) is 0 Å². The van der Waals surface area contributed by atoms with Gasteiger partial charge in [-0.25, -0.2) is 4.79 Å². The van der Waals surface area contributed by atoms with E-state index >= 15 is 0 Å². The van der Waals surface area contributed by atoms with Gasteiger partial charge in [0.2, 0.25) is 0 Å². The average molecular weight is 293 g/mol. The number of benzene rings is 1. The molecule has 0 radical (unpaired) electrons. The molecule has 0 saturated carbocycles. The minimum absolute atomic E-state index is 0.0344. The molecule has 112 valence electrons. The van der Waals surface area contributed by atoms with Gasteiger partial charge < -0.3 is 20.7 Å². The molecule has 1 rings (SSSR count). The van der Waals surface area contributed by atoms with E-state index in [9.17, 15) is 28.2 Å². The Labute approximate surface area is 112 Å². The van der Waals surface area contributed by atoms with E-state index < -0.39 is 29.9 Å². The summed E-state index contributed by atoms with van der Waals surface area (Å²) in [4.78, 5) is 11.2. The van der Waals surface area contributed by atoms with Gasteiger partial charge in [-0.3, -0.25) is 0 Å². The molecule has 2 unspecified atom stereocenters. The quantitative estimate of drug-likeness (QED) is 0.574. The van der Waals surface area contributed by atoms with Crippen LogP contribution in [0.1, 0.15) is 24.2 Å². The minimum atomic E-state index is -4.65. The number of rotatable bonds is 4. The highest BCUT2D eigenvalue weighted by Crippen LogP contribution is 2.33. The van der Waals surface area contributed by atoms with Gasteiger partial charge in [-0.2, -0.15) is 13.2 Å². The molecular formula is C12H14F3NO4. The Balaban J connectivity index is 3.07. The molecule has 0 aliphatic rings. The smallest absolute Gasteiger partial charge is 0.416 e. The summed E-state index contributed by atoms with van der Waals surface area (Å²) in [5.74, 6) is -1.13. The predicted molar refractivity (Wildman–Crippen MR) is 63.5 cm³/mol. The number of hydrogen-bond donors (Lipinski definition) is 3. The normalized spacial score (nSPS) is 14.7. The van der Waals surface area contributed by atoms with Crippen molar-refractivity contribution in [2.45, 2.75) is 25.3 Å². The predicted octanol–water partition coefficient (Wildman–Crippen LogP) is 1.24. The first-order valence-corrected chi connectivity index (χ1v) is 5.67. The molecule has 8 heteroatoms. The Kier molecular flexibility index (Phi) is 4.96. The van der Waals surface area contributed by atoms with Crippen molar-refractivity contribution in [3.05, 3.63) is 29.3 Å². The van der Waals surface area contributed by atoms with Crippen molar-refractivity contribution >= 4 is 11.7 Å². The third-order valence-corrected chi connectivity index (χ3v) is 2.47. The van der Waals surface area contributed by atoms with Crippen molar-refractivity contribution in [1.29, 1.82) is 0 Å². The number of alkyl halides is 3. The lowest BCUT2D eigenvalue weighted by molar-refractivity contribution is -0.159. The number of aliphatic hydroxyl groups excluding tert-OH is 2. The van der Waals surface area contributed by atoms with Gasteiger partial charge in [0, 0.05) is 5.69 Å². The van der Waals surface area contributed by atoms with Gasteiger partial charge in [0.1, 0.15) is 6.10 Å². The second-order valence-corrected chi connectivity index (χ2v) is 4.03. The number of ether oxygens (including phenoxy) is 1. The highest BCUT2D eigenvalue weighted by atomic mass is 19.4. The van der Waals surface area contributed by atoms with Gasteiger partial charge in [0.25, 0.3) is 0 Å². The monoisotopic (exact) mass is 293 g/mol. The molecular weight excluding hydrogens is 279 g/mol. The first-order valence-electron chi connectivity index (χ1n) is 5.67. The Morgan fingerprint density at radius 2 is 1.95 bits per heavy atom. The summed E-state index contributed by atoms with van der Waals surface area (Å²) >= 11 is 0. The molecule has 0 bridgehead atoms. The van der Waals surface area contributed by atoms with Gasteiger partial charge >= 0.3 is 12.1 Å². The number of hydrogen-bond acceptors (Lipinski definition) is 5. The van der Waals surface area contributed by atoms with Gasteiger partial charge in [0.15, 0.2) is 6.10 Å². The zero-order chi connectivity index (χ0) is 15.5. The molecule has 20 heavy (non-hydrogen) atoms. The number of aliphatic hydroxyl groups is 2. The largest absolute Gasteiger partial charge is 0.464 e. The fraction of sp³-hybridized carbons (Fsp3) is 0.417. The molecule has 0 aliphatic carbocycles. The minimum Gasteiger partial charge on any atom is -0.464 e. The highest BCUT2D eigenvalue weighted by Gasteiger charge is 2.33. The van der Waals surface area contributed by atoms with E-state index in [-0.39, 0.29) is 17.9 Å². The summed E-state index contributed by atoms with van der Waals surface area (Å²) in [7, 11) is 0. The van der Waals surface area contributed by atoms with Crippen LogP contribution in [-0.4, -0.2) is 28.9 Å². The first-order chi connectivity index (χ1) is 9.16. The average Bonchev–Trinajstić information content (AvgIpc) is 2.35. The SMILES string of the molecule is CCOC(=O)C(O)C(O)c1cc(N)cc(C(F)(F)F)c1. The molecule has 1 aromatic carbocycles. The zero-order valence-electron chi connectivity index (χ0n) is 10.5. The zero-order valence-corrected chi connectivity index (χ0v) is 10.5. The van der Waals surface area contributed by atoms with Crippen LogP contribution < -0.4 is 5.73 Å². The fourth-order valence-corrected chi connectivity index (χ4v) is 1.55. The molecule has 1 aromatic rings. The second-order valence-electron chi connectivity index (χ2n) is 4.03. The highest BCUT2D eigenvalue weighted by molar-refractivity contribution is 5.75. The van der Waals surface area contributed by atoms with E-state index in [4.69, 9.17) is 5.73 Å². The van der Waals surface area contributed by atoms with E-state index in [2.05, 4.69) is 4.74 Å². The number of esters is 1. The van der Waals surface area contributed by atoms with Crippen LogP contribution in [0.25, 0.3) is 0 Å². The maximum absolute atomic E-state index is 12.6. The summed E-state index contributed by atoms with van der Waals surface area (Å²) in [6.07, 6.45) is -8.50. The standard InChI is InChI=1S/C12H14F3NO4/c1-2-20-11(19)10(18)9(17)6-3-7(12(13,14)15)5-8(16)4-6/h3-5,9-10,17-18H,2,16H2,1H3.